The van der Waals surface area contributed by atoms with Gasteiger partial charge in [-0.15, -0.1) is 0 Å². The lowest BCUT2D eigenvalue weighted by Crippen LogP contribution is -2.35. The van der Waals surface area contributed by atoms with Crippen LogP contribution < -0.4 is 15.4 Å². The number of rotatable bonds is 7. The Bertz CT molecular complexity index is 1700. The summed E-state index contributed by atoms with van der Waals surface area (Å²) in [5, 5.41) is 9.69. The second-order valence-corrected chi connectivity index (χ2v) is 9.30. The third-order valence-electron chi connectivity index (χ3n) is 6.53. The van der Waals surface area contributed by atoms with Gasteiger partial charge in [0.25, 0.3) is 0 Å². The van der Waals surface area contributed by atoms with Crippen LogP contribution in [0.25, 0.3) is 22.2 Å². The van der Waals surface area contributed by atoms with Crippen molar-refractivity contribution in [2.45, 2.75) is 12.8 Å². The highest BCUT2D eigenvalue weighted by molar-refractivity contribution is 6.16. The molecule has 1 aliphatic rings. The molecule has 0 aliphatic heterocycles. The molecule has 39 heavy (non-hydrogen) atoms. The van der Waals surface area contributed by atoms with Crippen molar-refractivity contribution in [3.05, 3.63) is 85.3 Å². The molecule has 0 saturated heterocycles. The van der Waals surface area contributed by atoms with Crippen molar-refractivity contribution in [2.24, 2.45) is 12.5 Å². The molecule has 0 spiro atoms. The summed E-state index contributed by atoms with van der Waals surface area (Å²) in [4.78, 5) is 38.8. The molecule has 10 nitrogen and oxygen atoms in total. The molecule has 11 heteroatoms. The number of ether oxygens (including phenoxy) is 1. The third-order valence-corrected chi connectivity index (χ3v) is 6.53. The first-order chi connectivity index (χ1) is 18.9. The highest BCUT2D eigenvalue weighted by Crippen LogP contribution is 2.47. The molecule has 2 aromatic carbocycles. The summed E-state index contributed by atoms with van der Waals surface area (Å²) in [7, 11) is 1.85. The number of anilines is 2. The summed E-state index contributed by atoms with van der Waals surface area (Å²) in [5.41, 5.74) is 2.72. The lowest BCUT2D eigenvalue weighted by Gasteiger charge is -2.16. The van der Waals surface area contributed by atoms with Gasteiger partial charge in [-0.3, -0.25) is 14.3 Å². The molecule has 6 rings (SSSR count). The van der Waals surface area contributed by atoms with Gasteiger partial charge in [-0.05, 0) is 67.4 Å². The van der Waals surface area contributed by atoms with Crippen molar-refractivity contribution >= 4 is 34.2 Å². The van der Waals surface area contributed by atoms with Gasteiger partial charge in [0, 0.05) is 41.9 Å². The zero-order valence-corrected chi connectivity index (χ0v) is 20.8. The van der Waals surface area contributed by atoms with Crippen LogP contribution in [-0.2, 0) is 16.6 Å². The maximum absolute atomic E-state index is 13.1. The summed E-state index contributed by atoms with van der Waals surface area (Å²) in [6.07, 6.45) is 7.64. The van der Waals surface area contributed by atoms with E-state index < -0.39 is 23.0 Å². The van der Waals surface area contributed by atoms with E-state index in [0.717, 1.165) is 11.1 Å². The summed E-state index contributed by atoms with van der Waals surface area (Å²) >= 11 is 0. The van der Waals surface area contributed by atoms with E-state index in [1.54, 1.807) is 41.3 Å². The van der Waals surface area contributed by atoms with Crippen LogP contribution in [0.2, 0.25) is 0 Å². The van der Waals surface area contributed by atoms with Gasteiger partial charge in [-0.2, -0.15) is 10.1 Å². The zero-order chi connectivity index (χ0) is 27.0. The van der Waals surface area contributed by atoms with E-state index in [4.69, 9.17) is 4.74 Å². The number of hydrogen-bond acceptors (Lipinski definition) is 7. The fraction of sp³-hybridized carbons (Fsp3) is 0.143. The number of hydrogen-bond donors (Lipinski definition) is 2. The Balaban J connectivity index is 1.13. The Morgan fingerprint density at radius 3 is 2.18 bits per heavy atom. The Kier molecular flexibility index (Phi) is 5.95. The zero-order valence-electron chi connectivity index (χ0n) is 20.8. The maximum atomic E-state index is 13.1. The molecule has 2 amide bonds. The minimum atomic E-state index is -1.15. The van der Waals surface area contributed by atoms with Crippen molar-refractivity contribution in [2.75, 3.05) is 10.6 Å². The number of aryl methyl sites for hydroxylation is 1. The third kappa shape index (κ3) is 4.89. The van der Waals surface area contributed by atoms with Crippen LogP contribution in [0.3, 0.4) is 0 Å². The maximum Gasteiger partial charge on any atom is 0.249 e. The minimum Gasteiger partial charge on any atom is -0.437 e. The van der Waals surface area contributed by atoms with Gasteiger partial charge in [0.2, 0.25) is 17.7 Å². The number of carbonyl (C=O) groups is 2. The fourth-order valence-corrected chi connectivity index (χ4v) is 4.16. The Labute approximate surface area is 221 Å². The normalized spacial score (nSPS) is 13.6. The summed E-state index contributed by atoms with van der Waals surface area (Å²) < 4.78 is 20.8. The first-order valence-corrected chi connectivity index (χ1v) is 12.2. The van der Waals surface area contributed by atoms with Crippen LogP contribution in [0, 0.1) is 11.2 Å². The van der Waals surface area contributed by atoms with Crippen LogP contribution in [-0.4, -0.2) is 36.5 Å². The van der Waals surface area contributed by atoms with Crippen LogP contribution in [0.4, 0.5) is 15.8 Å². The van der Waals surface area contributed by atoms with Gasteiger partial charge in [-0.25, -0.2) is 14.4 Å². The lowest BCUT2D eigenvalue weighted by atomic mass is 10.0. The van der Waals surface area contributed by atoms with Crippen LogP contribution in [0.15, 0.2) is 79.5 Å². The number of amides is 2. The van der Waals surface area contributed by atoms with E-state index in [0.29, 0.717) is 46.9 Å². The predicted octanol–water partition coefficient (Wildman–Crippen LogP) is 4.71. The summed E-state index contributed by atoms with van der Waals surface area (Å²) in [5.74, 6) is -0.434. The van der Waals surface area contributed by atoms with Gasteiger partial charge in [0.05, 0.1) is 11.7 Å². The average molecular weight is 524 g/mol. The van der Waals surface area contributed by atoms with Crippen molar-refractivity contribution in [3.8, 4) is 22.8 Å². The minimum absolute atomic E-state index is 0.295. The van der Waals surface area contributed by atoms with Gasteiger partial charge >= 0.3 is 0 Å². The van der Waals surface area contributed by atoms with E-state index in [9.17, 15) is 14.0 Å². The molecule has 3 heterocycles. The van der Waals surface area contributed by atoms with Crippen LogP contribution >= 0.6 is 0 Å². The molecule has 1 fully saturated rings. The number of benzene rings is 2. The number of carbonyl (C=O) groups excluding carboxylic acids is 2. The Hall–Kier alpha value is -5.19. The van der Waals surface area contributed by atoms with Crippen molar-refractivity contribution in [1.82, 2.24) is 24.7 Å². The SMILES string of the molecule is Cn1cc(-c2cnc3c(Oc4ccc(NC(=O)C5(C(=O)Nc6ccc(F)cc6)CC5)cc4)ncnc3c2)cn1. The molecule has 0 unspecified atom stereocenters. The Morgan fingerprint density at radius 2 is 1.56 bits per heavy atom. The van der Waals surface area contributed by atoms with Crippen LogP contribution in [0.5, 0.6) is 11.6 Å². The van der Waals surface area contributed by atoms with Crippen LogP contribution in [0.1, 0.15) is 12.8 Å². The number of fused-ring (bicyclic) bond motifs is 1. The van der Waals surface area contributed by atoms with E-state index in [1.165, 1.54) is 30.6 Å². The van der Waals surface area contributed by atoms with Gasteiger partial charge in [-0.1, -0.05) is 0 Å². The summed E-state index contributed by atoms with van der Waals surface area (Å²) in [6, 6.07) is 14.0. The van der Waals surface area contributed by atoms with Crippen molar-refractivity contribution < 1.29 is 18.7 Å². The molecule has 0 radical (unpaired) electrons. The number of pyridine rings is 1. The van der Waals surface area contributed by atoms with Gasteiger partial charge in [0.15, 0.2) is 5.52 Å². The monoisotopic (exact) mass is 523 g/mol. The largest absolute Gasteiger partial charge is 0.437 e. The highest BCUT2D eigenvalue weighted by atomic mass is 19.1. The molecular weight excluding hydrogens is 501 g/mol. The first-order valence-electron chi connectivity index (χ1n) is 12.2. The average Bonchev–Trinajstić information content (AvgIpc) is 3.65. The molecule has 3 aromatic heterocycles. The highest BCUT2D eigenvalue weighted by Gasteiger charge is 2.56. The van der Waals surface area contributed by atoms with Gasteiger partial charge in [0.1, 0.15) is 23.3 Å². The number of nitrogens with zero attached hydrogens (tertiary/aromatic N) is 5. The molecule has 2 N–H and O–H groups in total. The molecule has 0 atom stereocenters. The van der Waals surface area contributed by atoms with Gasteiger partial charge < -0.3 is 15.4 Å². The molecule has 1 saturated carbocycles. The van der Waals surface area contributed by atoms with Crippen molar-refractivity contribution in [3.63, 3.8) is 0 Å². The van der Waals surface area contributed by atoms with E-state index in [1.807, 2.05) is 19.3 Å². The number of halogens is 1. The lowest BCUT2D eigenvalue weighted by molar-refractivity contribution is -0.131. The summed E-state index contributed by atoms with van der Waals surface area (Å²) in [6.45, 7) is 0. The molecule has 5 aromatic rings. The van der Waals surface area contributed by atoms with E-state index in [2.05, 4.69) is 30.7 Å². The number of nitrogens with one attached hydrogen (secondary N) is 2. The smallest absolute Gasteiger partial charge is 0.249 e. The first kappa shape index (κ1) is 24.2. The topological polar surface area (TPSA) is 124 Å². The molecule has 0 bridgehead atoms. The predicted molar refractivity (Wildman–Crippen MR) is 141 cm³/mol. The second-order valence-electron chi connectivity index (χ2n) is 9.30. The van der Waals surface area contributed by atoms with Crippen molar-refractivity contribution in [1.29, 1.82) is 0 Å². The second kappa shape index (κ2) is 9.60. The number of aromatic nitrogens is 5. The Morgan fingerprint density at radius 1 is 0.897 bits per heavy atom. The quantitative estimate of drug-likeness (QED) is 0.296. The molecule has 194 valence electrons. The van der Waals surface area contributed by atoms with E-state index >= 15 is 0 Å². The fourth-order valence-electron chi connectivity index (χ4n) is 4.16. The molecular formula is C28H22FN7O3. The molecule has 1 aliphatic carbocycles. The van der Waals surface area contributed by atoms with E-state index in [-0.39, 0.29) is 0 Å². The standard InChI is InChI=1S/C28H22FN7O3/c1-36-15-18(14-33-36)17-12-23-24(30-13-17)25(32-16-31-23)39-22-8-6-21(7-9-22)35-27(38)28(10-11-28)26(37)34-20-4-2-19(29)3-5-20/h2-9,12-16H,10-11H2,1H3,(H,34,37)(H,35,38).